The van der Waals surface area contributed by atoms with Crippen molar-refractivity contribution in [2.75, 3.05) is 6.54 Å². The lowest BCUT2D eigenvalue weighted by molar-refractivity contribution is 0.0740. The fourth-order valence-corrected chi connectivity index (χ4v) is 4.67. The summed E-state index contributed by atoms with van der Waals surface area (Å²) in [5, 5.41) is 0.759. The minimum absolute atomic E-state index is 0.0665. The molecule has 0 spiro atoms. The molecular formula is C22H21FN2OS. The Hall–Kier alpha value is -2.53. The van der Waals surface area contributed by atoms with E-state index in [0.717, 1.165) is 42.1 Å². The predicted molar refractivity (Wildman–Crippen MR) is 106 cm³/mol. The Morgan fingerprint density at radius 1 is 1.19 bits per heavy atom. The molecule has 1 aliphatic heterocycles. The Labute approximate surface area is 162 Å². The van der Waals surface area contributed by atoms with Gasteiger partial charge in [-0.1, -0.05) is 30.3 Å². The second-order valence-corrected chi connectivity index (χ2v) is 7.92. The zero-order chi connectivity index (χ0) is 18.8. The Balaban J connectivity index is 1.56. The number of likely N-dealkylation sites (tertiary alicyclic amines) is 1. The number of halogens is 1. The summed E-state index contributed by atoms with van der Waals surface area (Å²) in [6.07, 6.45) is 2.95. The third kappa shape index (κ3) is 3.78. The highest BCUT2D eigenvalue weighted by Gasteiger charge is 2.31. The van der Waals surface area contributed by atoms with Crippen molar-refractivity contribution in [2.45, 2.75) is 32.2 Å². The van der Waals surface area contributed by atoms with E-state index in [4.69, 9.17) is 0 Å². The second kappa shape index (κ2) is 7.61. The van der Waals surface area contributed by atoms with E-state index in [1.165, 1.54) is 29.0 Å². The molecule has 2 heterocycles. The molecule has 1 atom stereocenters. The summed E-state index contributed by atoms with van der Waals surface area (Å²) < 4.78 is 13.2. The van der Waals surface area contributed by atoms with Gasteiger partial charge in [0.2, 0.25) is 0 Å². The van der Waals surface area contributed by atoms with Crippen LogP contribution >= 0.6 is 11.3 Å². The summed E-state index contributed by atoms with van der Waals surface area (Å²) in [6, 6.07) is 16.8. The molecule has 0 N–H and O–H groups in total. The van der Waals surface area contributed by atoms with Crippen molar-refractivity contribution < 1.29 is 9.18 Å². The standard InChI is InChI=1S/C22H21FN2OS/c1-15-20(27-21(24-15)17-9-11-18(23)12-10-17)22(26)25-13-5-8-19(25)14-16-6-3-2-4-7-16/h2-4,6-7,9-12,19H,5,8,13-14H2,1H3/t19-/m1/s1. The molecule has 27 heavy (non-hydrogen) atoms. The molecule has 3 aromatic rings. The van der Waals surface area contributed by atoms with Gasteiger partial charge in [-0.05, 0) is 56.0 Å². The van der Waals surface area contributed by atoms with Gasteiger partial charge in [0.05, 0.1) is 5.69 Å². The van der Waals surface area contributed by atoms with E-state index in [-0.39, 0.29) is 17.8 Å². The molecule has 0 saturated carbocycles. The lowest BCUT2D eigenvalue weighted by Gasteiger charge is -2.24. The number of carbonyl (C=O) groups is 1. The summed E-state index contributed by atoms with van der Waals surface area (Å²) >= 11 is 1.40. The lowest BCUT2D eigenvalue weighted by Crippen LogP contribution is -2.36. The molecule has 0 unspecified atom stereocenters. The van der Waals surface area contributed by atoms with Crippen LogP contribution in [0.5, 0.6) is 0 Å². The lowest BCUT2D eigenvalue weighted by atomic mass is 10.0. The molecule has 1 amide bonds. The van der Waals surface area contributed by atoms with Crippen molar-refractivity contribution in [2.24, 2.45) is 0 Å². The van der Waals surface area contributed by atoms with Gasteiger partial charge in [-0.25, -0.2) is 9.37 Å². The van der Waals surface area contributed by atoms with Gasteiger partial charge in [-0.3, -0.25) is 4.79 Å². The molecule has 1 saturated heterocycles. The molecule has 4 rings (SSSR count). The Morgan fingerprint density at radius 3 is 2.67 bits per heavy atom. The topological polar surface area (TPSA) is 33.2 Å². The zero-order valence-corrected chi connectivity index (χ0v) is 16.0. The van der Waals surface area contributed by atoms with Crippen LogP contribution in [0.4, 0.5) is 4.39 Å². The second-order valence-electron chi connectivity index (χ2n) is 6.92. The molecule has 1 fully saturated rings. The highest BCUT2D eigenvalue weighted by atomic mass is 32.1. The molecule has 0 bridgehead atoms. The third-order valence-corrected chi connectivity index (χ3v) is 6.23. The maximum atomic E-state index is 13.2. The van der Waals surface area contributed by atoms with Crippen molar-refractivity contribution in [1.29, 1.82) is 0 Å². The van der Waals surface area contributed by atoms with Gasteiger partial charge in [-0.2, -0.15) is 0 Å². The maximum Gasteiger partial charge on any atom is 0.266 e. The molecule has 1 aromatic heterocycles. The van der Waals surface area contributed by atoms with Crippen LogP contribution in [0.15, 0.2) is 54.6 Å². The number of thiazole rings is 1. The van der Waals surface area contributed by atoms with Gasteiger partial charge in [-0.15, -0.1) is 11.3 Å². The summed E-state index contributed by atoms with van der Waals surface area (Å²) in [7, 11) is 0. The van der Waals surface area contributed by atoms with E-state index >= 15 is 0 Å². The number of benzene rings is 2. The van der Waals surface area contributed by atoms with E-state index in [0.29, 0.717) is 4.88 Å². The molecule has 0 aliphatic carbocycles. The van der Waals surface area contributed by atoms with Crippen LogP contribution in [-0.4, -0.2) is 28.4 Å². The van der Waals surface area contributed by atoms with Gasteiger partial charge < -0.3 is 4.90 Å². The van der Waals surface area contributed by atoms with Crippen LogP contribution < -0.4 is 0 Å². The number of carbonyl (C=O) groups excluding carboxylic acids is 1. The molecule has 5 heteroatoms. The van der Waals surface area contributed by atoms with E-state index < -0.39 is 0 Å². The molecule has 0 radical (unpaired) electrons. The fourth-order valence-electron chi connectivity index (χ4n) is 3.64. The van der Waals surface area contributed by atoms with Crippen LogP contribution in [0.1, 0.15) is 33.8 Å². The number of nitrogens with zero attached hydrogens (tertiary/aromatic N) is 2. The zero-order valence-electron chi connectivity index (χ0n) is 15.2. The van der Waals surface area contributed by atoms with Crippen molar-refractivity contribution in [3.05, 3.63) is 76.5 Å². The smallest absolute Gasteiger partial charge is 0.266 e. The van der Waals surface area contributed by atoms with Crippen LogP contribution in [-0.2, 0) is 6.42 Å². The monoisotopic (exact) mass is 380 g/mol. The molecule has 138 valence electrons. The number of rotatable bonds is 4. The van der Waals surface area contributed by atoms with Gasteiger partial charge in [0.1, 0.15) is 15.7 Å². The average Bonchev–Trinajstić information content (AvgIpc) is 3.29. The highest BCUT2D eigenvalue weighted by molar-refractivity contribution is 7.17. The molecule has 1 aliphatic rings. The first-order chi connectivity index (χ1) is 13.1. The molecule has 2 aromatic carbocycles. The van der Waals surface area contributed by atoms with Gasteiger partial charge >= 0.3 is 0 Å². The number of hydrogen-bond acceptors (Lipinski definition) is 3. The first-order valence-electron chi connectivity index (χ1n) is 9.20. The van der Waals surface area contributed by atoms with Crippen LogP contribution in [0.25, 0.3) is 10.6 Å². The predicted octanol–water partition coefficient (Wildman–Crippen LogP) is 5.10. The quantitative estimate of drug-likeness (QED) is 0.630. The van der Waals surface area contributed by atoms with E-state index in [9.17, 15) is 9.18 Å². The van der Waals surface area contributed by atoms with Crippen molar-refractivity contribution in [1.82, 2.24) is 9.88 Å². The van der Waals surface area contributed by atoms with Crippen LogP contribution in [0, 0.1) is 12.7 Å². The summed E-state index contributed by atoms with van der Waals surface area (Å²) in [4.78, 5) is 20.5. The van der Waals surface area contributed by atoms with E-state index in [1.54, 1.807) is 12.1 Å². The summed E-state index contributed by atoms with van der Waals surface area (Å²) in [5.41, 5.74) is 2.84. The average molecular weight is 380 g/mol. The van der Waals surface area contributed by atoms with Gasteiger partial charge in [0, 0.05) is 18.2 Å². The first kappa shape index (κ1) is 17.9. The highest BCUT2D eigenvalue weighted by Crippen LogP contribution is 2.31. The maximum absolute atomic E-state index is 13.2. The minimum atomic E-state index is -0.274. The van der Waals surface area contributed by atoms with Gasteiger partial charge in [0.25, 0.3) is 5.91 Å². The molecular weight excluding hydrogens is 359 g/mol. The number of aryl methyl sites for hydroxylation is 1. The summed E-state index contributed by atoms with van der Waals surface area (Å²) in [6.45, 7) is 2.67. The van der Waals surface area contributed by atoms with Crippen molar-refractivity contribution in [3.63, 3.8) is 0 Å². The van der Waals surface area contributed by atoms with E-state index in [2.05, 4.69) is 17.1 Å². The SMILES string of the molecule is Cc1nc(-c2ccc(F)cc2)sc1C(=O)N1CCC[C@@H]1Cc1ccccc1. The fraction of sp³-hybridized carbons (Fsp3) is 0.273. The number of hydrogen-bond donors (Lipinski definition) is 0. The van der Waals surface area contributed by atoms with Crippen molar-refractivity contribution >= 4 is 17.2 Å². The minimum Gasteiger partial charge on any atom is -0.335 e. The third-order valence-electron chi connectivity index (χ3n) is 5.03. The van der Waals surface area contributed by atoms with Gasteiger partial charge in [0.15, 0.2) is 0 Å². The number of aromatic nitrogens is 1. The van der Waals surface area contributed by atoms with Crippen LogP contribution in [0.2, 0.25) is 0 Å². The normalized spacial score (nSPS) is 16.7. The Kier molecular flexibility index (Phi) is 5.03. The first-order valence-corrected chi connectivity index (χ1v) is 10.0. The Bertz CT molecular complexity index is 937. The van der Waals surface area contributed by atoms with E-state index in [1.807, 2.05) is 30.0 Å². The van der Waals surface area contributed by atoms with Crippen molar-refractivity contribution in [3.8, 4) is 10.6 Å². The Morgan fingerprint density at radius 2 is 1.93 bits per heavy atom. The largest absolute Gasteiger partial charge is 0.335 e. The van der Waals surface area contributed by atoms with Crippen LogP contribution in [0.3, 0.4) is 0 Å². The number of amides is 1. The molecule has 3 nitrogen and oxygen atoms in total. The summed E-state index contributed by atoms with van der Waals surface area (Å²) in [5.74, 6) is -0.207.